The molecule has 0 amide bonds. The number of benzene rings is 1. The lowest BCUT2D eigenvalue weighted by molar-refractivity contribution is 1.26. The van der Waals surface area contributed by atoms with E-state index in [1.165, 1.54) is 22.3 Å². The number of pyridine rings is 1. The molecular weight excluding hydrogens is 182 g/mol. The molecule has 1 heteroatoms. The Labute approximate surface area is 90.8 Å². The van der Waals surface area contributed by atoms with Crippen molar-refractivity contribution in [1.29, 1.82) is 0 Å². The fourth-order valence-corrected chi connectivity index (χ4v) is 1.71. The quantitative estimate of drug-likeness (QED) is 0.679. The van der Waals surface area contributed by atoms with E-state index in [1.807, 2.05) is 12.3 Å². The predicted molar refractivity (Wildman–Crippen MR) is 63.9 cm³/mol. The molecule has 1 nitrogen and oxygen atoms in total. The van der Waals surface area contributed by atoms with Crippen LogP contribution in [-0.4, -0.2) is 4.98 Å². The Morgan fingerprint density at radius 3 is 2.53 bits per heavy atom. The molecule has 2 rings (SSSR count). The Morgan fingerprint density at radius 2 is 1.80 bits per heavy atom. The van der Waals surface area contributed by atoms with Gasteiger partial charge in [0, 0.05) is 11.8 Å². The molecule has 0 bridgehead atoms. The minimum Gasteiger partial charge on any atom is -0.256 e. The number of rotatable bonds is 1. The van der Waals surface area contributed by atoms with Gasteiger partial charge in [-0.25, -0.2) is 0 Å². The van der Waals surface area contributed by atoms with E-state index in [-0.39, 0.29) is 0 Å². The third-order valence-corrected chi connectivity index (χ3v) is 2.80. The Balaban J connectivity index is 2.59. The van der Waals surface area contributed by atoms with Gasteiger partial charge in [0.05, 0.1) is 5.69 Å². The zero-order valence-electron chi connectivity index (χ0n) is 9.41. The van der Waals surface area contributed by atoms with Crippen molar-refractivity contribution >= 4 is 0 Å². The van der Waals surface area contributed by atoms with Crippen molar-refractivity contribution in [3.8, 4) is 11.3 Å². The first-order chi connectivity index (χ1) is 7.18. The molecule has 0 spiro atoms. The molecule has 0 aliphatic carbocycles. The molecule has 0 unspecified atom stereocenters. The number of hydrogen-bond acceptors (Lipinski definition) is 1. The molecule has 0 N–H and O–H groups in total. The minimum atomic E-state index is 1.07. The van der Waals surface area contributed by atoms with Crippen molar-refractivity contribution in [2.24, 2.45) is 0 Å². The maximum absolute atomic E-state index is 4.41. The van der Waals surface area contributed by atoms with Crippen LogP contribution in [0.1, 0.15) is 16.7 Å². The first kappa shape index (κ1) is 9.91. The van der Waals surface area contributed by atoms with Gasteiger partial charge in [0.1, 0.15) is 0 Å². The fourth-order valence-electron chi connectivity index (χ4n) is 1.71. The van der Waals surface area contributed by atoms with Crippen molar-refractivity contribution < 1.29 is 0 Å². The van der Waals surface area contributed by atoms with Crippen LogP contribution in [0.4, 0.5) is 0 Å². The van der Waals surface area contributed by atoms with Gasteiger partial charge < -0.3 is 0 Å². The Hall–Kier alpha value is -1.63. The van der Waals surface area contributed by atoms with Crippen LogP contribution in [0.15, 0.2) is 36.5 Å². The summed E-state index contributed by atoms with van der Waals surface area (Å²) in [5.41, 5.74) is 6.18. The van der Waals surface area contributed by atoms with Gasteiger partial charge >= 0.3 is 0 Å². The van der Waals surface area contributed by atoms with E-state index in [0.29, 0.717) is 0 Å². The molecule has 1 aromatic heterocycles. The van der Waals surface area contributed by atoms with Gasteiger partial charge in [-0.05, 0) is 49.6 Å². The average Bonchev–Trinajstić information content (AvgIpc) is 2.22. The van der Waals surface area contributed by atoms with Gasteiger partial charge in [-0.1, -0.05) is 18.2 Å². The minimum absolute atomic E-state index is 1.07. The molecule has 0 atom stereocenters. The van der Waals surface area contributed by atoms with E-state index in [0.717, 1.165) is 5.69 Å². The Morgan fingerprint density at radius 1 is 1.00 bits per heavy atom. The van der Waals surface area contributed by atoms with E-state index in [2.05, 4.69) is 50.0 Å². The molecule has 0 fully saturated rings. The molecule has 0 saturated carbocycles. The summed E-state index contributed by atoms with van der Waals surface area (Å²) in [5.74, 6) is 0. The van der Waals surface area contributed by atoms with Gasteiger partial charge in [0.25, 0.3) is 0 Å². The van der Waals surface area contributed by atoms with Crippen LogP contribution >= 0.6 is 0 Å². The Kier molecular flexibility index (Phi) is 2.55. The van der Waals surface area contributed by atoms with Crippen molar-refractivity contribution in [1.82, 2.24) is 4.98 Å². The smallest absolute Gasteiger partial charge is 0.0707 e. The summed E-state index contributed by atoms with van der Waals surface area (Å²) in [6.45, 7) is 6.37. The van der Waals surface area contributed by atoms with Crippen LogP contribution < -0.4 is 0 Å². The van der Waals surface area contributed by atoms with Crippen LogP contribution in [0.5, 0.6) is 0 Å². The van der Waals surface area contributed by atoms with Gasteiger partial charge in [0.2, 0.25) is 0 Å². The molecule has 76 valence electrons. The third-order valence-electron chi connectivity index (χ3n) is 2.80. The SMILES string of the molecule is Cc1ccnc(-c2cccc(C)c2C)c1. The highest BCUT2D eigenvalue weighted by molar-refractivity contribution is 5.65. The summed E-state index contributed by atoms with van der Waals surface area (Å²) in [4.78, 5) is 4.41. The summed E-state index contributed by atoms with van der Waals surface area (Å²) in [5, 5.41) is 0. The van der Waals surface area contributed by atoms with Crippen LogP contribution in [0.3, 0.4) is 0 Å². The summed E-state index contributed by atoms with van der Waals surface area (Å²) >= 11 is 0. The van der Waals surface area contributed by atoms with Crippen molar-refractivity contribution in [2.45, 2.75) is 20.8 Å². The van der Waals surface area contributed by atoms with Crippen LogP contribution in [-0.2, 0) is 0 Å². The highest BCUT2D eigenvalue weighted by Gasteiger charge is 2.04. The van der Waals surface area contributed by atoms with Crippen LogP contribution in [0.25, 0.3) is 11.3 Å². The maximum atomic E-state index is 4.41. The lowest BCUT2D eigenvalue weighted by Gasteiger charge is -2.08. The van der Waals surface area contributed by atoms with Crippen molar-refractivity contribution in [3.05, 3.63) is 53.2 Å². The van der Waals surface area contributed by atoms with Crippen molar-refractivity contribution in [2.75, 3.05) is 0 Å². The Bertz CT molecular complexity index is 486. The second-order valence-corrected chi connectivity index (χ2v) is 3.97. The second-order valence-electron chi connectivity index (χ2n) is 3.97. The zero-order valence-corrected chi connectivity index (χ0v) is 9.41. The standard InChI is InChI=1S/C14H15N/c1-10-7-8-15-14(9-10)13-6-4-5-11(2)12(13)3/h4-9H,1-3H3. The average molecular weight is 197 g/mol. The first-order valence-electron chi connectivity index (χ1n) is 5.18. The monoisotopic (exact) mass is 197 g/mol. The lowest BCUT2D eigenvalue weighted by Crippen LogP contribution is -1.89. The molecule has 0 aliphatic heterocycles. The normalized spacial score (nSPS) is 10.3. The predicted octanol–water partition coefficient (Wildman–Crippen LogP) is 3.67. The van der Waals surface area contributed by atoms with Crippen LogP contribution in [0, 0.1) is 20.8 Å². The molecule has 0 aliphatic rings. The summed E-state index contributed by atoms with van der Waals surface area (Å²) in [7, 11) is 0. The summed E-state index contributed by atoms with van der Waals surface area (Å²) in [6, 6.07) is 10.5. The number of aryl methyl sites for hydroxylation is 2. The molecule has 1 aromatic carbocycles. The molecule has 1 heterocycles. The van der Waals surface area contributed by atoms with E-state index >= 15 is 0 Å². The topological polar surface area (TPSA) is 12.9 Å². The van der Waals surface area contributed by atoms with Gasteiger partial charge in [0.15, 0.2) is 0 Å². The first-order valence-corrected chi connectivity index (χ1v) is 5.18. The van der Waals surface area contributed by atoms with E-state index in [1.54, 1.807) is 0 Å². The second kappa shape index (κ2) is 3.85. The van der Waals surface area contributed by atoms with Crippen LogP contribution in [0.2, 0.25) is 0 Å². The molecular formula is C14H15N. The molecule has 2 aromatic rings. The van der Waals surface area contributed by atoms with E-state index < -0.39 is 0 Å². The number of aromatic nitrogens is 1. The highest BCUT2D eigenvalue weighted by atomic mass is 14.7. The lowest BCUT2D eigenvalue weighted by atomic mass is 10.00. The van der Waals surface area contributed by atoms with E-state index in [9.17, 15) is 0 Å². The highest BCUT2D eigenvalue weighted by Crippen LogP contribution is 2.23. The molecule has 0 saturated heterocycles. The van der Waals surface area contributed by atoms with Gasteiger partial charge in [-0.2, -0.15) is 0 Å². The molecule has 0 radical (unpaired) electrons. The largest absolute Gasteiger partial charge is 0.256 e. The van der Waals surface area contributed by atoms with Gasteiger partial charge in [-0.3, -0.25) is 4.98 Å². The molecule has 15 heavy (non-hydrogen) atoms. The number of nitrogens with zero attached hydrogens (tertiary/aromatic N) is 1. The van der Waals surface area contributed by atoms with Crippen molar-refractivity contribution in [3.63, 3.8) is 0 Å². The van der Waals surface area contributed by atoms with E-state index in [4.69, 9.17) is 0 Å². The number of hydrogen-bond donors (Lipinski definition) is 0. The zero-order chi connectivity index (χ0) is 10.8. The fraction of sp³-hybridized carbons (Fsp3) is 0.214. The summed E-state index contributed by atoms with van der Waals surface area (Å²) in [6.07, 6.45) is 1.87. The summed E-state index contributed by atoms with van der Waals surface area (Å²) < 4.78 is 0. The maximum Gasteiger partial charge on any atom is 0.0707 e. The van der Waals surface area contributed by atoms with Gasteiger partial charge in [-0.15, -0.1) is 0 Å². The third kappa shape index (κ3) is 1.91.